The molecule has 0 fully saturated rings. The van der Waals surface area contributed by atoms with E-state index in [4.69, 9.17) is 55.1 Å². The zero-order valence-corrected chi connectivity index (χ0v) is 33.4. The van der Waals surface area contributed by atoms with Gasteiger partial charge in [-0.1, -0.05) is 99.3 Å². The molecule has 4 rings (SSSR count). The Labute approximate surface area is 328 Å². The summed E-state index contributed by atoms with van der Waals surface area (Å²) in [4.78, 5) is 36.1. The van der Waals surface area contributed by atoms with Gasteiger partial charge in [0.15, 0.2) is 0 Å². The fourth-order valence-electron chi connectivity index (χ4n) is 4.36. The minimum Gasteiger partial charge on any atom is -0.508 e. The number of methoxy groups -OCH3 is 1. The van der Waals surface area contributed by atoms with Crippen LogP contribution in [0.25, 0.3) is 0 Å². The molecule has 10 nitrogen and oxygen atoms in total. The molecule has 1 amide bonds. The third kappa shape index (κ3) is 16.9. The highest BCUT2D eigenvalue weighted by Crippen LogP contribution is 2.37. The number of phenolic OH excluding ortho intramolecular Hbond substituents is 1. The molecule has 53 heavy (non-hydrogen) atoms. The van der Waals surface area contributed by atoms with Crippen LogP contribution in [0, 0.1) is 0 Å². The summed E-state index contributed by atoms with van der Waals surface area (Å²) in [7, 11) is 3.12. The molecule has 0 bridgehead atoms. The first-order chi connectivity index (χ1) is 25.5. The Morgan fingerprint density at radius 2 is 1.55 bits per heavy atom. The lowest BCUT2D eigenvalue weighted by molar-refractivity contribution is -0.142. The first-order valence-electron chi connectivity index (χ1n) is 17.2. The summed E-state index contributed by atoms with van der Waals surface area (Å²) < 4.78 is 10.5. The highest BCUT2D eigenvalue weighted by Gasteiger charge is 2.24. The molecule has 6 N–H and O–H groups in total. The molecule has 0 aliphatic rings. The number of halogens is 3. The van der Waals surface area contributed by atoms with E-state index in [0.717, 1.165) is 17.7 Å². The zero-order valence-electron chi connectivity index (χ0n) is 31.1. The number of hydrogen-bond acceptors (Lipinski definition) is 9. The van der Waals surface area contributed by atoms with Crippen molar-refractivity contribution in [2.45, 2.75) is 59.5 Å². The van der Waals surface area contributed by atoms with Crippen LogP contribution in [-0.4, -0.2) is 56.6 Å². The number of carbonyl (C=O) groups is 3. The van der Waals surface area contributed by atoms with Crippen molar-refractivity contribution < 1.29 is 29.0 Å². The van der Waals surface area contributed by atoms with Crippen molar-refractivity contribution in [3.8, 4) is 11.5 Å². The molecule has 4 aromatic rings. The van der Waals surface area contributed by atoms with Crippen LogP contribution in [-0.2, 0) is 22.5 Å². The molecule has 0 heterocycles. The quantitative estimate of drug-likeness (QED) is 0.0479. The van der Waals surface area contributed by atoms with E-state index < -0.39 is 17.9 Å². The number of esters is 1. The van der Waals surface area contributed by atoms with Gasteiger partial charge in [0, 0.05) is 36.3 Å². The number of benzene rings is 4. The van der Waals surface area contributed by atoms with Crippen LogP contribution in [0.5, 0.6) is 11.5 Å². The average molecular weight is 790 g/mol. The third-order valence-corrected chi connectivity index (χ3v) is 7.66. The van der Waals surface area contributed by atoms with Crippen molar-refractivity contribution in [1.82, 2.24) is 10.6 Å². The van der Waals surface area contributed by atoms with E-state index in [2.05, 4.69) is 29.8 Å². The number of hydrogen-bond donors (Lipinski definition) is 5. The van der Waals surface area contributed by atoms with Crippen molar-refractivity contribution >= 4 is 64.3 Å². The van der Waals surface area contributed by atoms with E-state index in [9.17, 15) is 14.4 Å². The largest absolute Gasteiger partial charge is 0.508 e. The standard InChI is InChI=1S/C27H26Cl3N3O5.C8H11NO.C3H8.C2H6/c1-37-27(36)24(33-26(35)20-8-5-17(15-34)11-21(20)28)12-16-3-6-18(7-4-16)32-25-22(29)13-19(14-23(25)30)38-10-2-9-31;1-9-6-7-3-2-4-8(10)5-7;1-3-2;1-2/h3-8,11,13-15,24,32H,2,9-10,12,31H2,1H3,(H,33,35);2-5,9-10H,6H2,1H3;3H2,1-2H3;1-2H3. The fraction of sp³-hybridized carbons (Fsp3) is 0.325. The van der Waals surface area contributed by atoms with Gasteiger partial charge < -0.3 is 36.3 Å². The molecule has 0 aliphatic carbocycles. The maximum Gasteiger partial charge on any atom is 0.328 e. The Morgan fingerprint density at radius 3 is 2.08 bits per heavy atom. The van der Waals surface area contributed by atoms with Gasteiger partial charge in [-0.25, -0.2) is 4.79 Å². The van der Waals surface area contributed by atoms with Gasteiger partial charge in [-0.2, -0.15) is 0 Å². The number of carbonyl (C=O) groups excluding carboxylic acids is 3. The van der Waals surface area contributed by atoms with Crippen LogP contribution >= 0.6 is 34.8 Å². The molecule has 0 saturated carbocycles. The van der Waals surface area contributed by atoms with Crippen LogP contribution in [0.1, 0.15) is 72.4 Å². The molecule has 13 heteroatoms. The lowest BCUT2D eigenvalue weighted by Crippen LogP contribution is -2.43. The normalized spacial score (nSPS) is 10.5. The second kappa shape index (κ2) is 26.4. The molecule has 4 aromatic carbocycles. The lowest BCUT2D eigenvalue weighted by atomic mass is 10.0. The molecule has 1 unspecified atom stereocenters. The molecular weight excluding hydrogens is 739 g/mol. The van der Waals surface area contributed by atoms with Gasteiger partial charge in [-0.05, 0) is 67.5 Å². The molecule has 0 aliphatic heterocycles. The SMILES string of the molecule is CC.CCC.CNCc1cccc(O)c1.COC(=O)C(Cc1ccc(Nc2c(Cl)cc(OCCCN)cc2Cl)cc1)NC(=O)c1ccc(C=O)cc1Cl. The predicted molar refractivity (Wildman–Crippen MR) is 217 cm³/mol. The molecule has 288 valence electrons. The number of nitrogens with two attached hydrogens (primary N) is 1. The minimum atomic E-state index is -0.969. The first-order valence-corrected chi connectivity index (χ1v) is 18.4. The smallest absolute Gasteiger partial charge is 0.328 e. The minimum absolute atomic E-state index is 0.0959. The van der Waals surface area contributed by atoms with Gasteiger partial charge in [0.05, 0.1) is 40.0 Å². The van der Waals surface area contributed by atoms with E-state index in [0.29, 0.717) is 64.3 Å². The van der Waals surface area contributed by atoms with Crippen molar-refractivity contribution in [3.63, 3.8) is 0 Å². The van der Waals surface area contributed by atoms with Gasteiger partial charge in [-0.15, -0.1) is 0 Å². The van der Waals surface area contributed by atoms with E-state index in [1.54, 1.807) is 48.5 Å². The van der Waals surface area contributed by atoms with E-state index >= 15 is 0 Å². The number of phenols is 1. The molecular formula is C40H51Cl3N4O6. The summed E-state index contributed by atoms with van der Waals surface area (Å²) in [6.07, 6.45) is 2.75. The molecule has 1 atom stereocenters. The first kappa shape index (κ1) is 46.7. The molecule has 0 spiro atoms. The maximum absolute atomic E-state index is 12.8. The van der Waals surface area contributed by atoms with Crippen molar-refractivity contribution in [2.24, 2.45) is 5.73 Å². The number of amides is 1. The summed E-state index contributed by atoms with van der Waals surface area (Å²) in [5.41, 5.74) is 9.03. The highest BCUT2D eigenvalue weighted by molar-refractivity contribution is 6.39. The summed E-state index contributed by atoms with van der Waals surface area (Å²) >= 11 is 18.9. The van der Waals surface area contributed by atoms with Crippen LogP contribution in [0.2, 0.25) is 15.1 Å². The van der Waals surface area contributed by atoms with Crippen LogP contribution in [0.15, 0.2) is 78.9 Å². The number of rotatable bonds is 14. The lowest BCUT2D eigenvalue weighted by Gasteiger charge is -2.18. The summed E-state index contributed by atoms with van der Waals surface area (Å²) in [5.74, 6) is -0.312. The monoisotopic (exact) mass is 788 g/mol. The molecule has 0 saturated heterocycles. The molecule has 0 radical (unpaired) electrons. The summed E-state index contributed by atoms with van der Waals surface area (Å²) in [6, 6.07) is 21.0. The van der Waals surface area contributed by atoms with Gasteiger partial charge in [0.1, 0.15) is 23.8 Å². The Hall–Kier alpha value is -4.32. The zero-order chi connectivity index (χ0) is 39.8. The summed E-state index contributed by atoms with van der Waals surface area (Å²) in [6.45, 7) is 10.0. The number of aromatic hydroxyl groups is 1. The highest BCUT2D eigenvalue weighted by atomic mass is 35.5. The third-order valence-electron chi connectivity index (χ3n) is 6.75. The number of aldehydes is 1. The Bertz CT molecular complexity index is 1680. The van der Waals surface area contributed by atoms with Crippen LogP contribution in [0.3, 0.4) is 0 Å². The topological polar surface area (TPSA) is 152 Å². The second-order valence-corrected chi connectivity index (χ2v) is 12.3. The van der Waals surface area contributed by atoms with Gasteiger partial charge >= 0.3 is 5.97 Å². The average Bonchev–Trinajstić information content (AvgIpc) is 3.14. The van der Waals surface area contributed by atoms with Gasteiger partial charge in [-0.3, -0.25) is 9.59 Å². The van der Waals surface area contributed by atoms with E-state index in [1.807, 2.05) is 33.0 Å². The van der Waals surface area contributed by atoms with Crippen LogP contribution in [0.4, 0.5) is 11.4 Å². The van der Waals surface area contributed by atoms with E-state index in [1.165, 1.54) is 31.7 Å². The number of ether oxygens (including phenoxy) is 2. The molecule has 0 aromatic heterocycles. The van der Waals surface area contributed by atoms with E-state index in [-0.39, 0.29) is 17.0 Å². The Balaban J connectivity index is 0.000000784. The summed E-state index contributed by atoms with van der Waals surface area (Å²) in [5, 5.41) is 18.7. The number of anilines is 2. The Kier molecular flexibility index (Phi) is 23.3. The fourth-order valence-corrected chi connectivity index (χ4v) is 5.20. The van der Waals surface area contributed by atoms with Crippen molar-refractivity contribution in [2.75, 3.05) is 32.6 Å². The second-order valence-electron chi connectivity index (χ2n) is 11.1. The van der Waals surface area contributed by atoms with Crippen molar-refractivity contribution in [3.05, 3.63) is 116 Å². The van der Waals surface area contributed by atoms with Crippen LogP contribution < -0.4 is 26.4 Å². The van der Waals surface area contributed by atoms with Gasteiger partial charge in [0.2, 0.25) is 0 Å². The number of nitrogens with one attached hydrogen (secondary N) is 3. The predicted octanol–water partition coefficient (Wildman–Crippen LogP) is 9.00. The Morgan fingerprint density at radius 1 is 0.906 bits per heavy atom. The van der Waals surface area contributed by atoms with Crippen molar-refractivity contribution in [1.29, 1.82) is 0 Å². The maximum atomic E-state index is 12.8. The van der Waals surface area contributed by atoms with Gasteiger partial charge in [0.25, 0.3) is 5.91 Å².